The molecule has 0 saturated carbocycles. The molecule has 2 aromatic rings. The van der Waals surface area contributed by atoms with Gasteiger partial charge in [0.05, 0.1) is 18.0 Å². The minimum absolute atomic E-state index is 0.0283. The summed E-state index contributed by atoms with van der Waals surface area (Å²) in [6, 6.07) is 8.36. The average molecular weight is 403 g/mol. The first-order valence-corrected chi connectivity index (χ1v) is 9.72. The first-order valence-electron chi connectivity index (χ1n) is 9.35. The van der Waals surface area contributed by atoms with Crippen LogP contribution in [0.2, 0.25) is 5.02 Å². The molecule has 2 fully saturated rings. The summed E-state index contributed by atoms with van der Waals surface area (Å²) in [6.45, 7) is 3.53. The van der Waals surface area contributed by atoms with E-state index in [1.165, 1.54) is 12.3 Å². The molecule has 4 heterocycles. The summed E-state index contributed by atoms with van der Waals surface area (Å²) in [7, 11) is 0. The van der Waals surface area contributed by atoms with E-state index < -0.39 is 6.10 Å². The Labute approximate surface area is 167 Å². The quantitative estimate of drug-likeness (QED) is 0.796. The Morgan fingerprint density at radius 2 is 2.00 bits per heavy atom. The number of carbonyl (C=O) groups excluding carboxylic acids is 1. The molecule has 0 radical (unpaired) electrons. The molecule has 1 unspecified atom stereocenters. The molecular formula is C20H20ClFN4O2. The fraction of sp³-hybridized carbons (Fsp3) is 0.400. The van der Waals surface area contributed by atoms with Crippen molar-refractivity contribution in [1.29, 1.82) is 0 Å². The van der Waals surface area contributed by atoms with Crippen LogP contribution in [0.1, 0.15) is 18.1 Å². The second-order valence-corrected chi connectivity index (χ2v) is 8.42. The predicted molar refractivity (Wildman–Crippen MR) is 104 cm³/mol. The van der Waals surface area contributed by atoms with E-state index in [0.29, 0.717) is 36.6 Å². The van der Waals surface area contributed by atoms with Crippen molar-refractivity contribution in [2.24, 2.45) is 5.41 Å². The maximum atomic E-state index is 13.0. The van der Waals surface area contributed by atoms with E-state index in [1.54, 1.807) is 29.2 Å². The lowest BCUT2D eigenvalue weighted by Gasteiger charge is -2.61. The van der Waals surface area contributed by atoms with Crippen molar-refractivity contribution < 1.29 is 14.3 Å². The van der Waals surface area contributed by atoms with Gasteiger partial charge in [0.25, 0.3) is 0 Å². The zero-order chi connectivity index (χ0) is 19.5. The van der Waals surface area contributed by atoms with E-state index in [9.17, 15) is 14.3 Å². The number of halogens is 2. The number of urea groups is 1. The summed E-state index contributed by atoms with van der Waals surface area (Å²) in [6.07, 6.45) is 1.14. The molecule has 28 heavy (non-hydrogen) atoms. The highest BCUT2D eigenvalue weighted by Crippen LogP contribution is 2.43. The van der Waals surface area contributed by atoms with Gasteiger partial charge in [-0.05, 0) is 36.8 Å². The zero-order valence-electron chi connectivity index (χ0n) is 15.2. The van der Waals surface area contributed by atoms with Crippen molar-refractivity contribution in [3.8, 4) is 0 Å². The largest absolute Gasteiger partial charge is 0.388 e. The first-order chi connectivity index (χ1) is 13.4. The van der Waals surface area contributed by atoms with Crippen molar-refractivity contribution in [2.45, 2.75) is 12.5 Å². The molecule has 3 aliphatic rings. The topological polar surface area (TPSA) is 59.9 Å². The van der Waals surface area contributed by atoms with Gasteiger partial charge in [0, 0.05) is 48.7 Å². The number of fused-ring (bicyclic) bond motifs is 1. The third-order valence-corrected chi connectivity index (χ3v) is 6.14. The summed E-state index contributed by atoms with van der Waals surface area (Å²) < 4.78 is 13.0. The van der Waals surface area contributed by atoms with E-state index in [0.717, 1.165) is 24.6 Å². The Bertz CT molecular complexity index is 924. The number of aliphatic hydroxyl groups is 1. The number of amides is 2. The first kappa shape index (κ1) is 17.7. The Kier molecular flexibility index (Phi) is 4.00. The summed E-state index contributed by atoms with van der Waals surface area (Å²) >= 11 is 6.05. The standard InChI is InChI=1S/C20H20ClFN4O2/c21-13-1-3-16-15(7-13)17(27)5-6-26(16)19(28)25-11-20(12-25)9-24(10-20)18-4-2-14(22)8-23-18/h1-4,7-8,17,27H,5-6,9-12H2. The third kappa shape index (κ3) is 2.81. The maximum absolute atomic E-state index is 13.0. The van der Waals surface area contributed by atoms with Crippen LogP contribution in [0.5, 0.6) is 0 Å². The van der Waals surface area contributed by atoms with Crippen LogP contribution in [-0.4, -0.2) is 53.7 Å². The molecule has 146 valence electrons. The number of anilines is 2. The minimum Gasteiger partial charge on any atom is -0.388 e. The van der Waals surface area contributed by atoms with Gasteiger partial charge in [-0.2, -0.15) is 0 Å². The number of hydrogen-bond donors (Lipinski definition) is 1. The SMILES string of the molecule is O=C(N1CC2(C1)CN(c1ccc(F)cn1)C2)N1CCC(O)c2cc(Cl)ccc21. The fourth-order valence-electron chi connectivity index (χ4n) is 4.51. The van der Waals surface area contributed by atoms with E-state index in [1.807, 2.05) is 4.90 Å². The van der Waals surface area contributed by atoms with Crippen LogP contribution < -0.4 is 9.80 Å². The molecule has 3 aliphatic heterocycles. The normalized spacial score (nSPS) is 22.5. The molecule has 2 amide bonds. The van der Waals surface area contributed by atoms with E-state index in [2.05, 4.69) is 9.88 Å². The Morgan fingerprint density at radius 3 is 2.71 bits per heavy atom. The van der Waals surface area contributed by atoms with E-state index >= 15 is 0 Å². The Morgan fingerprint density at radius 1 is 1.21 bits per heavy atom. The van der Waals surface area contributed by atoms with Crippen molar-refractivity contribution in [1.82, 2.24) is 9.88 Å². The van der Waals surface area contributed by atoms with Crippen LogP contribution in [-0.2, 0) is 0 Å². The smallest absolute Gasteiger partial charge is 0.324 e. The highest BCUT2D eigenvalue weighted by Gasteiger charge is 2.54. The lowest BCUT2D eigenvalue weighted by Crippen LogP contribution is -2.74. The highest BCUT2D eigenvalue weighted by atomic mass is 35.5. The van der Waals surface area contributed by atoms with Crippen molar-refractivity contribution in [3.63, 3.8) is 0 Å². The number of benzene rings is 1. The molecular weight excluding hydrogens is 383 g/mol. The zero-order valence-corrected chi connectivity index (χ0v) is 15.9. The second-order valence-electron chi connectivity index (χ2n) is 7.99. The summed E-state index contributed by atoms with van der Waals surface area (Å²) in [5.41, 5.74) is 1.54. The van der Waals surface area contributed by atoms with Gasteiger partial charge in [0.1, 0.15) is 11.6 Å². The van der Waals surface area contributed by atoms with Gasteiger partial charge in [-0.25, -0.2) is 14.2 Å². The summed E-state index contributed by atoms with van der Waals surface area (Å²) in [5, 5.41) is 10.8. The molecule has 2 saturated heterocycles. The molecule has 1 aromatic heterocycles. The molecule has 8 heteroatoms. The number of nitrogens with zero attached hydrogens (tertiary/aromatic N) is 4. The average Bonchev–Trinajstić information content (AvgIpc) is 2.61. The monoisotopic (exact) mass is 402 g/mol. The summed E-state index contributed by atoms with van der Waals surface area (Å²) in [5.74, 6) is 0.431. The second kappa shape index (κ2) is 6.32. The van der Waals surface area contributed by atoms with Crippen molar-refractivity contribution in [2.75, 3.05) is 42.5 Å². The molecule has 1 spiro atoms. The van der Waals surface area contributed by atoms with Crippen LogP contribution in [0.15, 0.2) is 36.5 Å². The summed E-state index contributed by atoms with van der Waals surface area (Å²) in [4.78, 5) is 22.8. The van der Waals surface area contributed by atoms with E-state index in [-0.39, 0.29) is 17.3 Å². The van der Waals surface area contributed by atoms with Gasteiger partial charge >= 0.3 is 6.03 Å². The van der Waals surface area contributed by atoms with E-state index in [4.69, 9.17) is 11.6 Å². The van der Waals surface area contributed by atoms with Crippen LogP contribution in [0.4, 0.5) is 20.7 Å². The van der Waals surface area contributed by atoms with Crippen molar-refractivity contribution in [3.05, 3.63) is 52.9 Å². The van der Waals surface area contributed by atoms with Crippen molar-refractivity contribution >= 4 is 29.1 Å². The van der Waals surface area contributed by atoms with Gasteiger partial charge in [0.2, 0.25) is 0 Å². The Balaban J connectivity index is 1.24. The maximum Gasteiger partial charge on any atom is 0.324 e. The number of hydrogen-bond acceptors (Lipinski definition) is 4. The van der Waals surface area contributed by atoms with Gasteiger partial charge < -0.3 is 14.9 Å². The Hall–Kier alpha value is -2.38. The molecule has 5 rings (SSSR count). The minimum atomic E-state index is -0.594. The third-order valence-electron chi connectivity index (χ3n) is 5.91. The number of aromatic nitrogens is 1. The van der Waals surface area contributed by atoms with Gasteiger partial charge in [-0.15, -0.1) is 0 Å². The number of carbonyl (C=O) groups is 1. The lowest BCUT2D eigenvalue weighted by molar-refractivity contribution is 0.00922. The molecule has 0 aliphatic carbocycles. The number of pyridine rings is 1. The van der Waals surface area contributed by atoms with Crippen LogP contribution in [0.25, 0.3) is 0 Å². The molecule has 6 nitrogen and oxygen atoms in total. The highest BCUT2D eigenvalue weighted by molar-refractivity contribution is 6.30. The lowest BCUT2D eigenvalue weighted by atomic mass is 9.73. The van der Waals surface area contributed by atoms with Gasteiger partial charge in [0.15, 0.2) is 0 Å². The fourth-order valence-corrected chi connectivity index (χ4v) is 4.69. The molecule has 1 atom stereocenters. The van der Waals surface area contributed by atoms with Crippen LogP contribution in [0, 0.1) is 11.2 Å². The van der Waals surface area contributed by atoms with Crippen LogP contribution in [0.3, 0.4) is 0 Å². The van der Waals surface area contributed by atoms with Gasteiger partial charge in [-0.1, -0.05) is 11.6 Å². The predicted octanol–water partition coefficient (Wildman–Crippen LogP) is 3.06. The molecule has 1 aromatic carbocycles. The van der Waals surface area contributed by atoms with Crippen LogP contribution >= 0.6 is 11.6 Å². The number of rotatable bonds is 1. The number of likely N-dealkylation sites (tertiary alicyclic amines) is 1. The molecule has 0 bridgehead atoms. The van der Waals surface area contributed by atoms with Gasteiger partial charge in [-0.3, -0.25) is 4.90 Å². The molecule has 1 N–H and O–H groups in total. The number of aliphatic hydroxyl groups excluding tert-OH is 1.